The van der Waals surface area contributed by atoms with Crippen molar-refractivity contribution in [3.63, 3.8) is 0 Å². The molecule has 1 aliphatic rings. The number of amides is 1. The summed E-state index contributed by atoms with van der Waals surface area (Å²) in [6, 6.07) is 21.6. The minimum atomic E-state index is -0.225. The van der Waals surface area contributed by atoms with Crippen molar-refractivity contribution in [3.05, 3.63) is 115 Å². The van der Waals surface area contributed by atoms with E-state index in [1.807, 2.05) is 79.3 Å². The lowest BCUT2D eigenvalue weighted by molar-refractivity contribution is -0.115. The number of aromatic nitrogens is 5. The summed E-state index contributed by atoms with van der Waals surface area (Å²) in [6.45, 7) is 0. The molecule has 4 N–H and O–H groups in total. The van der Waals surface area contributed by atoms with Crippen molar-refractivity contribution >= 4 is 33.9 Å². The summed E-state index contributed by atoms with van der Waals surface area (Å²) >= 11 is 0. The van der Waals surface area contributed by atoms with Crippen LogP contribution < -0.4 is 16.0 Å². The molecule has 1 amide bonds. The summed E-state index contributed by atoms with van der Waals surface area (Å²) in [4.78, 5) is 25.7. The second-order valence-electron chi connectivity index (χ2n) is 9.62. The van der Waals surface area contributed by atoms with Crippen LogP contribution in [0.4, 0.5) is 17.1 Å². The van der Waals surface area contributed by atoms with E-state index in [1.54, 1.807) is 18.6 Å². The number of nitrogens with one attached hydrogen (secondary N) is 4. The number of hydrogen-bond donors (Lipinski definition) is 4. The van der Waals surface area contributed by atoms with Crippen molar-refractivity contribution < 1.29 is 4.79 Å². The Balaban J connectivity index is 1.15. The largest absolute Gasteiger partial charge is 0.358 e. The van der Waals surface area contributed by atoms with Gasteiger partial charge in [0.05, 0.1) is 47.1 Å². The average Bonchev–Trinajstić information content (AvgIpc) is 3.62. The molecule has 0 radical (unpaired) electrons. The molecule has 0 saturated heterocycles. The summed E-state index contributed by atoms with van der Waals surface area (Å²) in [6.07, 6.45) is 10.8. The summed E-state index contributed by atoms with van der Waals surface area (Å²) in [5.41, 5.74) is 9.07. The highest BCUT2D eigenvalue weighted by Gasteiger charge is 2.27. The van der Waals surface area contributed by atoms with Crippen molar-refractivity contribution in [2.24, 2.45) is 0 Å². The topological polar surface area (TPSA) is 121 Å². The third kappa shape index (κ3) is 4.49. The molecule has 1 atom stereocenters. The van der Waals surface area contributed by atoms with Gasteiger partial charge < -0.3 is 16.0 Å². The molecule has 7 rings (SSSR count). The first-order valence-corrected chi connectivity index (χ1v) is 12.9. The quantitative estimate of drug-likeness (QED) is 0.217. The first-order valence-electron chi connectivity index (χ1n) is 12.9. The second-order valence-corrected chi connectivity index (χ2v) is 9.62. The molecule has 5 heterocycles. The van der Waals surface area contributed by atoms with E-state index in [4.69, 9.17) is 0 Å². The molecule has 0 aliphatic carbocycles. The van der Waals surface area contributed by atoms with Crippen LogP contribution in [0.5, 0.6) is 0 Å². The lowest BCUT2D eigenvalue weighted by Gasteiger charge is -2.12. The van der Waals surface area contributed by atoms with Crippen molar-refractivity contribution in [2.75, 3.05) is 16.0 Å². The van der Waals surface area contributed by atoms with Gasteiger partial charge in [0, 0.05) is 46.9 Å². The van der Waals surface area contributed by atoms with Crippen molar-refractivity contribution in [1.29, 1.82) is 0 Å². The lowest BCUT2D eigenvalue weighted by atomic mass is 10.0. The molecule has 0 fully saturated rings. The van der Waals surface area contributed by atoms with Gasteiger partial charge in [-0.2, -0.15) is 5.10 Å². The van der Waals surface area contributed by atoms with E-state index in [2.05, 4.69) is 47.2 Å². The zero-order valence-corrected chi connectivity index (χ0v) is 21.3. The number of aromatic amines is 1. The number of rotatable bonds is 6. The second kappa shape index (κ2) is 9.95. The molecule has 9 nitrogen and oxygen atoms in total. The third-order valence-corrected chi connectivity index (χ3v) is 6.94. The molecule has 1 aliphatic heterocycles. The van der Waals surface area contributed by atoms with E-state index in [9.17, 15) is 4.79 Å². The van der Waals surface area contributed by atoms with E-state index in [0.29, 0.717) is 12.1 Å². The molecule has 6 aromatic rings. The third-order valence-electron chi connectivity index (χ3n) is 6.94. The Labute approximate surface area is 229 Å². The van der Waals surface area contributed by atoms with Crippen LogP contribution in [0.1, 0.15) is 17.4 Å². The molecule has 1 unspecified atom stereocenters. The van der Waals surface area contributed by atoms with Gasteiger partial charge in [-0.15, -0.1) is 0 Å². The number of fused-ring (bicyclic) bond motifs is 2. The maximum atomic E-state index is 12.6. The van der Waals surface area contributed by atoms with Crippen molar-refractivity contribution in [3.8, 4) is 22.3 Å². The van der Waals surface area contributed by atoms with Gasteiger partial charge in [0.25, 0.3) is 0 Å². The van der Waals surface area contributed by atoms with Crippen LogP contribution >= 0.6 is 0 Å². The lowest BCUT2D eigenvalue weighted by Crippen LogP contribution is -2.14. The van der Waals surface area contributed by atoms with Crippen LogP contribution in [0.15, 0.2) is 104 Å². The minimum Gasteiger partial charge on any atom is -0.358 e. The van der Waals surface area contributed by atoms with Gasteiger partial charge in [-0.3, -0.25) is 24.8 Å². The molecular weight excluding hydrogens is 500 g/mol. The van der Waals surface area contributed by atoms with Gasteiger partial charge in [-0.25, -0.2) is 0 Å². The molecule has 9 heteroatoms. The Kier molecular flexibility index (Phi) is 5.86. The van der Waals surface area contributed by atoms with E-state index < -0.39 is 0 Å². The number of nitrogens with zero attached hydrogens (tertiary/aromatic N) is 4. The standard InChI is InChI=1S/C31H24N8O/c40-28(11-19-5-2-1-3-6-19)35-23-12-22(15-33-16-23)20-8-9-26-24(13-20)30(39-38-26)31-36-27-18-34-17-25(29(27)37-31)21-7-4-10-32-14-21/h1-10,12-18,31,36-37H,11H2,(H,35,40)(H,38,39). The van der Waals surface area contributed by atoms with E-state index in [-0.39, 0.29) is 12.1 Å². The van der Waals surface area contributed by atoms with Crippen molar-refractivity contribution in [1.82, 2.24) is 25.1 Å². The highest BCUT2D eigenvalue weighted by Crippen LogP contribution is 2.42. The van der Waals surface area contributed by atoms with Gasteiger partial charge in [-0.05, 0) is 35.4 Å². The predicted octanol–water partition coefficient (Wildman–Crippen LogP) is 5.80. The average molecular weight is 525 g/mol. The van der Waals surface area contributed by atoms with Crippen LogP contribution in [0.2, 0.25) is 0 Å². The Morgan fingerprint density at radius 2 is 1.68 bits per heavy atom. The fourth-order valence-corrected chi connectivity index (χ4v) is 5.03. The van der Waals surface area contributed by atoms with E-state index in [1.165, 1.54) is 0 Å². The molecule has 0 spiro atoms. The van der Waals surface area contributed by atoms with Crippen LogP contribution in [0.25, 0.3) is 33.2 Å². The molecule has 194 valence electrons. The number of carbonyl (C=O) groups is 1. The minimum absolute atomic E-state index is 0.0872. The number of H-pyrrole nitrogens is 1. The number of carbonyl (C=O) groups excluding carboxylic acids is 1. The Bertz CT molecular complexity index is 1840. The zero-order valence-electron chi connectivity index (χ0n) is 21.3. The summed E-state index contributed by atoms with van der Waals surface area (Å²) in [7, 11) is 0. The van der Waals surface area contributed by atoms with E-state index in [0.717, 1.165) is 55.8 Å². The van der Waals surface area contributed by atoms with Crippen LogP contribution in [-0.4, -0.2) is 31.1 Å². The molecule has 2 aromatic carbocycles. The van der Waals surface area contributed by atoms with Gasteiger partial charge in [0.15, 0.2) is 0 Å². The molecule has 4 aromatic heterocycles. The monoisotopic (exact) mass is 524 g/mol. The van der Waals surface area contributed by atoms with Crippen LogP contribution in [0.3, 0.4) is 0 Å². The first kappa shape index (κ1) is 23.5. The van der Waals surface area contributed by atoms with Crippen LogP contribution in [-0.2, 0) is 11.2 Å². The number of pyridine rings is 3. The Morgan fingerprint density at radius 3 is 2.55 bits per heavy atom. The maximum Gasteiger partial charge on any atom is 0.228 e. The highest BCUT2D eigenvalue weighted by atomic mass is 16.1. The molecule has 40 heavy (non-hydrogen) atoms. The van der Waals surface area contributed by atoms with Crippen LogP contribution in [0, 0.1) is 0 Å². The van der Waals surface area contributed by atoms with Gasteiger partial charge in [-0.1, -0.05) is 42.5 Å². The highest BCUT2D eigenvalue weighted by molar-refractivity contribution is 5.94. The number of anilines is 3. The summed E-state index contributed by atoms with van der Waals surface area (Å²) in [5.74, 6) is -0.0872. The number of benzene rings is 2. The Hall–Kier alpha value is -5.57. The maximum absolute atomic E-state index is 12.6. The van der Waals surface area contributed by atoms with E-state index >= 15 is 0 Å². The first-order chi connectivity index (χ1) is 19.7. The van der Waals surface area contributed by atoms with Crippen molar-refractivity contribution in [2.45, 2.75) is 12.6 Å². The number of hydrogen-bond acceptors (Lipinski definition) is 7. The SMILES string of the molecule is O=C(Cc1ccccc1)Nc1cncc(-c2ccc3n[nH]c(C4Nc5cncc(-c6cccnc6)c5N4)c3c2)c1. The fourth-order valence-electron chi connectivity index (χ4n) is 5.03. The summed E-state index contributed by atoms with van der Waals surface area (Å²) in [5, 5.41) is 18.8. The smallest absolute Gasteiger partial charge is 0.228 e. The zero-order chi connectivity index (χ0) is 26.9. The normalized spacial score (nSPS) is 13.8. The molecule has 0 bridgehead atoms. The van der Waals surface area contributed by atoms with Gasteiger partial charge in [0.2, 0.25) is 5.91 Å². The van der Waals surface area contributed by atoms with Gasteiger partial charge >= 0.3 is 0 Å². The summed E-state index contributed by atoms with van der Waals surface area (Å²) < 4.78 is 0. The predicted molar refractivity (Wildman–Crippen MR) is 156 cm³/mol. The Morgan fingerprint density at radius 1 is 0.800 bits per heavy atom. The van der Waals surface area contributed by atoms with Gasteiger partial charge in [0.1, 0.15) is 6.17 Å². The fraction of sp³-hybridized carbons (Fsp3) is 0.0645. The molecule has 0 saturated carbocycles. The molecular formula is C31H24N8O.